The molecule has 2 N–H and O–H groups in total. The van der Waals surface area contributed by atoms with Crippen LogP contribution in [0, 0.1) is 13.8 Å². The van der Waals surface area contributed by atoms with Crippen LogP contribution in [0.15, 0.2) is 24.3 Å². The molecule has 1 aromatic carbocycles. The number of carbonyl (C=O) groups is 1. The maximum absolute atomic E-state index is 12.4. The number of carbonyl (C=O) groups excluding carboxylic acids is 1. The number of ether oxygens (including phenoxy) is 2. The van der Waals surface area contributed by atoms with Gasteiger partial charge in [-0.2, -0.15) is 5.10 Å². The predicted molar refractivity (Wildman–Crippen MR) is 106 cm³/mol. The molecule has 1 saturated heterocycles. The van der Waals surface area contributed by atoms with Crippen molar-refractivity contribution < 1.29 is 14.3 Å². The molecule has 0 radical (unpaired) electrons. The average Bonchev–Trinajstić information content (AvgIpc) is 3.24. The summed E-state index contributed by atoms with van der Waals surface area (Å²) >= 11 is 0. The van der Waals surface area contributed by atoms with Gasteiger partial charge in [0.05, 0.1) is 23.2 Å². The van der Waals surface area contributed by atoms with Crippen molar-refractivity contribution in [2.24, 2.45) is 0 Å². The van der Waals surface area contributed by atoms with Crippen LogP contribution in [-0.2, 0) is 4.74 Å². The third-order valence-corrected chi connectivity index (χ3v) is 4.60. The fraction of sp³-hybridized carbons (Fsp3) is 0.500. The number of hydrogen-bond acceptors (Lipinski definition) is 4. The van der Waals surface area contributed by atoms with E-state index in [0.717, 1.165) is 36.5 Å². The number of aromatic nitrogens is 2. The summed E-state index contributed by atoms with van der Waals surface area (Å²) in [6.45, 7) is 9.30. The van der Waals surface area contributed by atoms with E-state index in [1.165, 1.54) is 0 Å². The number of benzene rings is 1. The van der Waals surface area contributed by atoms with Gasteiger partial charge in [-0.05, 0) is 52.7 Å². The molecule has 1 atom stereocenters. The minimum atomic E-state index is -0.305. The number of hydrogen-bond donors (Lipinski definition) is 2. The minimum absolute atomic E-state index is 0.161. The average molecular weight is 372 g/mol. The molecule has 3 rings (SSSR count). The molecule has 7 heteroatoms. The first-order valence-electron chi connectivity index (χ1n) is 9.42. The molecular formula is C20H28N4O3. The lowest BCUT2D eigenvalue weighted by Gasteiger charge is -2.13. The zero-order chi connectivity index (χ0) is 19.4. The SMILES string of the molecule is Cc1nn(C(C)C)c(C)c1NC(=O)Nc1cccc(OC[C@H]2CCCO2)c1. The second-order valence-corrected chi connectivity index (χ2v) is 7.14. The van der Waals surface area contributed by atoms with Gasteiger partial charge >= 0.3 is 6.03 Å². The lowest BCUT2D eigenvalue weighted by Crippen LogP contribution is -2.20. The quantitative estimate of drug-likeness (QED) is 0.793. The van der Waals surface area contributed by atoms with Gasteiger partial charge in [0.15, 0.2) is 0 Å². The van der Waals surface area contributed by atoms with Gasteiger partial charge in [0, 0.05) is 24.4 Å². The van der Waals surface area contributed by atoms with Gasteiger partial charge in [0.1, 0.15) is 12.4 Å². The van der Waals surface area contributed by atoms with Crippen LogP contribution >= 0.6 is 0 Å². The lowest BCUT2D eigenvalue weighted by molar-refractivity contribution is 0.0680. The Balaban J connectivity index is 1.60. The third-order valence-electron chi connectivity index (χ3n) is 4.60. The zero-order valence-corrected chi connectivity index (χ0v) is 16.4. The molecule has 0 spiro atoms. The largest absolute Gasteiger partial charge is 0.491 e. The first-order chi connectivity index (χ1) is 12.9. The Hall–Kier alpha value is -2.54. The minimum Gasteiger partial charge on any atom is -0.491 e. The Morgan fingerprint density at radius 3 is 2.85 bits per heavy atom. The summed E-state index contributed by atoms with van der Waals surface area (Å²) in [5.74, 6) is 0.711. The zero-order valence-electron chi connectivity index (χ0n) is 16.4. The van der Waals surface area contributed by atoms with Crippen molar-refractivity contribution in [2.45, 2.75) is 52.7 Å². The monoisotopic (exact) mass is 372 g/mol. The Morgan fingerprint density at radius 1 is 1.37 bits per heavy atom. The summed E-state index contributed by atoms with van der Waals surface area (Å²) < 4.78 is 13.3. The van der Waals surface area contributed by atoms with Crippen LogP contribution in [0.4, 0.5) is 16.2 Å². The molecule has 146 valence electrons. The van der Waals surface area contributed by atoms with Crippen LogP contribution in [-0.4, -0.2) is 35.1 Å². The highest BCUT2D eigenvalue weighted by Crippen LogP contribution is 2.23. The number of aryl methyl sites for hydroxylation is 1. The number of nitrogens with zero attached hydrogens (tertiary/aromatic N) is 2. The summed E-state index contributed by atoms with van der Waals surface area (Å²) in [7, 11) is 0. The van der Waals surface area contributed by atoms with Crippen molar-refractivity contribution in [1.29, 1.82) is 0 Å². The number of urea groups is 1. The standard InChI is InChI=1S/C20H28N4O3/c1-13(2)24-15(4)19(14(3)23-24)22-20(25)21-16-7-5-8-17(11-16)27-12-18-9-6-10-26-18/h5,7-8,11,13,18H,6,9-10,12H2,1-4H3,(H2,21,22,25)/t18-/m1/s1. The molecule has 1 fully saturated rings. The Morgan fingerprint density at radius 2 is 2.19 bits per heavy atom. The number of nitrogens with one attached hydrogen (secondary N) is 2. The molecule has 7 nitrogen and oxygen atoms in total. The van der Waals surface area contributed by atoms with Crippen LogP contribution in [0.2, 0.25) is 0 Å². The lowest BCUT2D eigenvalue weighted by atomic mass is 10.2. The molecule has 2 amide bonds. The van der Waals surface area contributed by atoms with E-state index in [2.05, 4.69) is 29.6 Å². The summed E-state index contributed by atoms with van der Waals surface area (Å²) in [4.78, 5) is 12.4. The third kappa shape index (κ3) is 4.80. The van der Waals surface area contributed by atoms with E-state index in [1.54, 1.807) is 0 Å². The van der Waals surface area contributed by atoms with Crippen LogP contribution in [0.5, 0.6) is 5.75 Å². The topological polar surface area (TPSA) is 77.4 Å². The van der Waals surface area contributed by atoms with E-state index < -0.39 is 0 Å². The molecule has 1 aliphatic heterocycles. The maximum atomic E-state index is 12.4. The van der Waals surface area contributed by atoms with Crippen LogP contribution in [0.1, 0.15) is 44.1 Å². The van der Waals surface area contributed by atoms with Crippen LogP contribution in [0.3, 0.4) is 0 Å². The van der Waals surface area contributed by atoms with Crippen molar-refractivity contribution in [1.82, 2.24) is 9.78 Å². The Bertz CT molecular complexity index is 795. The summed E-state index contributed by atoms with van der Waals surface area (Å²) in [5, 5.41) is 10.2. The van der Waals surface area contributed by atoms with Crippen molar-refractivity contribution in [3.05, 3.63) is 35.7 Å². The highest BCUT2D eigenvalue weighted by molar-refractivity contribution is 6.00. The second kappa shape index (κ2) is 8.43. The molecular weight excluding hydrogens is 344 g/mol. The fourth-order valence-electron chi connectivity index (χ4n) is 3.25. The first kappa shape index (κ1) is 19.2. The van der Waals surface area contributed by atoms with Gasteiger partial charge in [0.25, 0.3) is 0 Å². The van der Waals surface area contributed by atoms with Crippen molar-refractivity contribution >= 4 is 17.4 Å². The number of amides is 2. The molecule has 0 unspecified atom stereocenters. The fourth-order valence-corrected chi connectivity index (χ4v) is 3.25. The van der Waals surface area contributed by atoms with Crippen LogP contribution in [0.25, 0.3) is 0 Å². The number of rotatable bonds is 6. The van der Waals surface area contributed by atoms with Gasteiger partial charge in [-0.15, -0.1) is 0 Å². The summed E-state index contributed by atoms with van der Waals surface area (Å²) in [6, 6.07) is 7.30. The maximum Gasteiger partial charge on any atom is 0.323 e. The molecule has 0 saturated carbocycles. The molecule has 1 aliphatic rings. The van der Waals surface area contributed by atoms with Gasteiger partial charge in [-0.1, -0.05) is 6.07 Å². The Kier molecular flexibility index (Phi) is 6.01. The summed E-state index contributed by atoms with van der Waals surface area (Å²) in [6.07, 6.45) is 2.28. The van der Waals surface area contributed by atoms with Gasteiger partial charge in [-0.25, -0.2) is 4.79 Å². The smallest absolute Gasteiger partial charge is 0.323 e. The van der Waals surface area contributed by atoms with Crippen molar-refractivity contribution in [3.8, 4) is 5.75 Å². The van der Waals surface area contributed by atoms with Gasteiger partial charge in [0.2, 0.25) is 0 Å². The van der Waals surface area contributed by atoms with E-state index in [4.69, 9.17) is 9.47 Å². The molecule has 2 aromatic rings. The van der Waals surface area contributed by atoms with Crippen molar-refractivity contribution in [2.75, 3.05) is 23.8 Å². The van der Waals surface area contributed by atoms with Crippen LogP contribution < -0.4 is 15.4 Å². The molecule has 1 aromatic heterocycles. The number of anilines is 2. The van der Waals surface area contributed by atoms with E-state index >= 15 is 0 Å². The highest BCUT2D eigenvalue weighted by atomic mass is 16.5. The second-order valence-electron chi connectivity index (χ2n) is 7.14. The predicted octanol–water partition coefficient (Wildman–Crippen LogP) is 4.28. The van der Waals surface area contributed by atoms with Gasteiger partial charge < -0.3 is 20.1 Å². The van der Waals surface area contributed by atoms with E-state index in [1.807, 2.05) is 42.8 Å². The Labute approximate surface area is 160 Å². The first-order valence-corrected chi connectivity index (χ1v) is 9.42. The molecule has 2 heterocycles. The summed E-state index contributed by atoms with van der Waals surface area (Å²) in [5.41, 5.74) is 3.15. The normalized spacial score (nSPS) is 16.6. The van der Waals surface area contributed by atoms with Gasteiger partial charge in [-0.3, -0.25) is 4.68 Å². The highest BCUT2D eigenvalue weighted by Gasteiger charge is 2.17. The van der Waals surface area contributed by atoms with E-state index in [0.29, 0.717) is 18.0 Å². The van der Waals surface area contributed by atoms with E-state index in [-0.39, 0.29) is 18.2 Å². The molecule has 0 bridgehead atoms. The van der Waals surface area contributed by atoms with E-state index in [9.17, 15) is 4.79 Å². The van der Waals surface area contributed by atoms with Crippen molar-refractivity contribution in [3.63, 3.8) is 0 Å². The molecule has 0 aliphatic carbocycles. The molecule has 27 heavy (non-hydrogen) atoms.